The van der Waals surface area contributed by atoms with Crippen molar-refractivity contribution in [1.29, 1.82) is 0 Å². The van der Waals surface area contributed by atoms with Crippen LogP contribution < -0.4 is 5.56 Å². The summed E-state index contributed by atoms with van der Waals surface area (Å²) in [6.07, 6.45) is 19.2. The van der Waals surface area contributed by atoms with E-state index >= 15 is 0 Å². The van der Waals surface area contributed by atoms with Gasteiger partial charge in [-0.15, -0.1) is 0 Å². The molecule has 5 aliphatic carbocycles. The smallest absolute Gasteiger partial charge is 0.251 e. The lowest BCUT2D eigenvalue weighted by Crippen LogP contribution is -2.33. The highest BCUT2D eigenvalue weighted by Gasteiger charge is 2.40. The summed E-state index contributed by atoms with van der Waals surface area (Å²) in [5.74, 6) is 7.18. The molecule has 0 fully saturated rings. The zero-order valence-electron chi connectivity index (χ0n) is 65.8. The second-order valence-electron chi connectivity index (χ2n) is 32.3. The Hall–Kier alpha value is -6.22. The molecule has 11 rings (SSSR count). The molecule has 3 aromatic carbocycles. The molecule has 2 aromatic heterocycles. The van der Waals surface area contributed by atoms with E-state index in [2.05, 4.69) is 273 Å². The van der Waals surface area contributed by atoms with E-state index in [1.807, 2.05) is 46.0 Å². The van der Waals surface area contributed by atoms with Crippen molar-refractivity contribution >= 4 is 20.8 Å². The van der Waals surface area contributed by atoms with Gasteiger partial charge in [-0.2, -0.15) is 14.5 Å². The van der Waals surface area contributed by atoms with Gasteiger partial charge in [0.25, 0.3) is 5.56 Å². The first-order valence-corrected chi connectivity index (χ1v) is 38.6. The third kappa shape index (κ3) is 23.2. The van der Waals surface area contributed by atoms with Crippen LogP contribution in [0.5, 0.6) is 0 Å². The first-order valence-electron chi connectivity index (χ1n) is 37.2. The fourth-order valence-corrected chi connectivity index (χ4v) is 14.2. The van der Waals surface area contributed by atoms with E-state index in [4.69, 9.17) is 0 Å². The number of aromatic nitrogens is 3. The van der Waals surface area contributed by atoms with Crippen molar-refractivity contribution in [2.24, 2.45) is 29.6 Å². The van der Waals surface area contributed by atoms with Crippen LogP contribution in [0.15, 0.2) is 187 Å². The average molecular weight is 1340 g/mol. The Bertz CT molecular complexity index is 3630. The first kappa shape index (κ1) is 81.5. The molecule has 97 heavy (non-hydrogen) atoms. The summed E-state index contributed by atoms with van der Waals surface area (Å²) in [6, 6.07) is 30.7. The normalized spacial score (nSPS) is 16.2. The summed E-state index contributed by atoms with van der Waals surface area (Å²) < 4.78 is 27.7. The van der Waals surface area contributed by atoms with Gasteiger partial charge >= 0.3 is 0 Å². The monoisotopic (exact) mass is 1330 g/mol. The molecule has 6 aliphatic rings. The van der Waals surface area contributed by atoms with Crippen molar-refractivity contribution in [2.45, 2.75) is 279 Å². The van der Waals surface area contributed by atoms with Crippen molar-refractivity contribution in [3.05, 3.63) is 232 Å². The minimum Gasteiger partial charge on any atom is -0.313 e. The Morgan fingerprint density at radius 2 is 0.680 bits per heavy atom. The van der Waals surface area contributed by atoms with Gasteiger partial charge in [0.05, 0.1) is 16.3 Å². The Morgan fingerprint density at radius 3 is 0.979 bits per heavy atom. The highest BCUT2D eigenvalue weighted by atomic mass is 32.2. The standard InChI is InChI=1S/C16H20.2C14H20.C12H19NO2S.C12H18.C11H17NO.C10H16N2/c1-11(2)13-5-7-16-10-14(12(3)4)6-8-15(16)9-13;2*1-9(2)11-5-13-7-12(10(3)4)8-14(13)6-11;1-8(2)10-5-11-7-13(9(3)4)16(14,15)12(11)6-10;1-9(2)11-5-7-12(8-6-11)10(3)4;1-8(2)10-5-6-12(9(3)4)11(13)7-10;1-7(2)9-5-6-10(8(3)4)12-11-9/h5-12H,1-4H3;5,8-10H,6-7H2,1-4H3;5,7,9-10H,6,8H2,1-4H3;6,8-9H,5,7H2,1-4H3;5-10H,1-4H3;5-9H,1-4H3;5-8H,1-4H3. The van der Waals surface area contributed by atoms with Crippen LogP contribution in [-0.4, -0.2) is 40.1 Å². The van der Waals surface area contributed by atoms with Gasteiger partial charge in [-0.1, -0.05) is 285 Å². The molecule has 0 atom stereocenters. The predicted octanol–water partition coefficient (Wildman–Crippen LogP) is 25.1. The van der Waals surface area contributed by atoms with Gasteiger partial charge < -0.3 is 4.57 Å². The first-order chi connectivity index (χ1) is 45.3. The largest absolute Gasteiger partial charge is 0.313 e. The second kappa shape index (κ2) is 36.7. The molecule has 0 amide bonds. The molecule has 0 unspecified atom stereocenters. The van der Waals surface area contributed by atoms with Gasteiger partial charge in [0.2, 0.25) is 10.0 Å². The van der Waals surface area contributed by atoms with Crippen molar-refractivity contribution in [3.8, 4) is 0 Å². The van der Waals surface area contributed by atoms with Crippen LogP contribution in [0.25, 0.3) is 10.8 Å². The molecule has 0 saturated carbocycles. The van der Waals surface area contributed by atoms with E-state index < -0.39 is 10.0 Å². The Labute approximate surface area is 592 Å². The van der Waals surface area contributed by atoms with Crippen LogP contribution in [0.1, 0.15) is 313 Å². The molecule has 1 aliphatic heterocycles. The van der Waals surface area contributed by atoms with E-state index in [0.29, 0.717) is 58.8 Å². The molecule has 8 heteroatoms. The van der Waals surface area contributed by atoms with Crippen LogP contribution in [0.3, 0.4) is 0 Å². The summed E-state index contributed by atoms with van der Waals surface area (Å²) >= 11 is 0. The zero-order chi connectivity index (χ0) is 72.7. The molecular formula is C89H130N4O3S. The van der Waals surface area contributed by atoms with Crippen LogP contribution in [0.2, 0.25) is 0 Å². The zero-order valence-corrected chi connectivity index (χ0v) is 66.6. The Morgan fingerprint density at radius 1 is 0.340 bits per heavy atom. The number of nitrogens with zero attached hydrogens (tertiary/aromatic N) is 4. The summed E-state index contributed by atoms with van der Waals surface area (Å²) in [5, 5.41) is 11.0. The van der Waals surface area contributed by atoms with E-state index in [9.17, 15) is 13.2 Å². The molecule has 0 spiro atoms. The SMILES string of the molecule is CC(C)C1=CC2=C(C1)CC(C(C)C)=C2.CC(C)C1=CC2=C(C1)CN(C(C)C)S2(=O)=O.CC(C)C1=CC2=C(C=C(C(C)C)C2)C1.CC(C)c1ccc(C(C)C)cc1.CC(C)c1ccc(C(C)C)nn1.CC(C)c1ccc2cc(C(C)C)ccc2c1.CC(C)c1ccn(C(C)C)c(=O)c1. The van der Waals surface area contributed by atoms with Gasteiger partial charge in [0.1, 0.15) is 0 Å². The van der Waals surface area contributed by atoms with Crippen LogP contribution in [0.4, 0.5) is 0 Å². The maximum Gasteiger partial charge on any atom is 0.251 e. The molecule has 7 nitrogen and oxygen atoms in total. The number of rotatable bonds is 14. The lowest BCUT2D eigenvalue weighted by Gasteiger charge is -2.21. The number of fused-ring (bicyclic) bond motifs is 1. The third-order valence-electron chi connectivity index (χ3n) is 19.7. The van der Waals surface area contributed by atoms with Crippen molar-refractivity contribution in [3.63, 3.8) is 0 Å². The summed E-state index contributed by atoms with van der Waals surface area (Å²) in [7, 11) is -3.19. The molecule has 0 radical (unpaired) electrons. The van der Waals surface area contributed by atoms with Crippen molar-refractivity contribution in [2.75, 3.05) is 6.54 Å². The van der Waals surface area contributed by atoms with Crippen molar-refractivity contribution in [1.82, 2.24) is 19.1 Å². The topological polar surface area (TPSA) is 85.2 Å². The summed E-state index contributed by atoms with van der Waals surface area (Å²) in [6.45, 7) is 61.6. The van der Waals surface area contributed by atoms with E-state index in [0.717, 1.165) is 52.6 Å². The molecule has 0 N–H and O–H groups in total. The van der Waals surface area contributed by atoms with E-state index in [-0.39, 0.29) is 17.6 Å². The van der Waals surface area contributed by atoms with Crippen LogP contribution >= 0.6 is 0 Å². The van der Waals surface area contributed by atoms with Crippen LogP contribution in [-0.2, 0) is 10.0 Å². The fourth-order valence-electron chi connectivity index (χ4n) is 12.3. The Balaban J connectivity index is 0.000000205. The number of pyridine rings is 1. The van der Waals surface area contributed by atoms with Gasteiger partial charge in [0.15, 0.2) is 0 Å². The number of allylic oxidation sites excluding steroid dienone is 14. The molecule has 3 heterocycles. The number of hydrogen-bond donors (Lipinski definition) is 0. The number of sulfonamides is 1. The number of benzene rings is 3. The van der Waals surface area contributed by atoms with Crippen molar-refractivity contribution < 1.29 is 8.42 Å². The van der Waals surface area contributed by atoms with Gasteiger partial charge in [0, 0.05) is 30.9 Å². The third-order valence-corrected chi connectivity index (χ3v) is 21.9. The van der Waals surface area contributed by atoms with Crippen LogP contribution in [0, 0.1) is 29.6 Å². The lowest BCUT2D eigenvalue weighted by atomic mass is 9.95. The number of hydrogen-bond acceptors (Lipinski definition) is 5. The predicted molar refractivity (Wildman–Crippen MR) is 422 cm³/mol. The van der Waals surface area contributed by atoms with E-state index in [1.165, 1.54) is 69.9 Å². The summed E-state index contributed by atoms with van der Waals surface area (Å²) in [5.41, 5.74) is 24.2. The maximum absolute atomic E-state index is 12.2. The minimum atomic E-state index is -3.19. The second-order valence-corrected chi connectivity index (χ2v) is 34.1. The van der Waals surface area contributed by atoms with Gasteiger partial charge in [-0.05, 0) is 216 Å². The van der Waals surface area contributed by atoms with Gasteiger partial charge in [-0.25, -0.2) is 8.42 Å². The fraction of sp³-hybridized carbons (Fsp3) is 0.539. The highest BCUT2D eigenvalue weighted by molar-refractivity contribution is 7.93. The molecular weight excluding hydrogens is 1210 g/mol. The molecule has 0 bridgehead atoms. The highest BCUT2D eigenvalue weighted by Crippen LogP contribution is 2.43. The lowest BCUT2D eigenvalue weighted by molar-refractivity contribution is 0.388. The van der Waals surface area contributed by atoms with Gasteiger partial charge in [-0.3, -0.25) is 4.79 Å². The average Bonchev–Trinajstić information content (AvgIpc) is 1.61. The maximum atomic E-state index is 12.2. The van der Waals surface area contributed by atoms with E-state index in [1.54, 1.807) is 54.0 Å². The molecule has 0 saturated heterocycles. The molecule has 5 aromatic rings. The molecule has 530 valence electrons. The summed E-state index contributed by atoms with van der Waals surface area (Å²) in [4.78, 5) is 12.1. The minimum absolute atomic E-state index is 0.0477. The quantitative estimate of drug-likeness (QED) is 0.111. The Kier molecular flexibility index (Phi) is 30.9.